The third-order valence-electron chi connectivity index (χ3n) is 2.76. The molecule has 1 rings (SSSR count). The molecule has 1 aromatic rings. The molecule has 0 bridgehead atoms. The van der Waals surface area contributed by atoms with E-state index in [9.17, 15) is 8.42 Å². The van der Waals surface area contributed by atoms with Gasteiger partial charge in [-0.05, 0) is 43.9 Å². The molecule has 0 spiro atoms. The van der Waals surface area contributed by atoms with Crippen molar-refractivity contribution in [1.29, 1.82) is 0 Å². The van der Waals surface area contributed by atoms with Crippen LogP contribution in [0.5, 0.6) is 0 Å². The second kappa shape index (κ2) is 4.82. The van der Waals surface area contributed by atoms with E-state index in [0.717, 1.165) is 5.56 Å². The molecule has 0 radical (unpaired) electrons. The molecule has 0 amide bonds. The molecule has 108 valence electrons. The Morgan fingerprint density at radius 1 is 1.00 bits per heavy atom. The van der Waals surface area contributed by atoms with E-state index in [2.05, 4.69) is 26.1 Å². The van der Waals surface area contributed by atoms with Gasteiger partial charge in [0.05, 0.1) is 10.6 Å². The molecule has 1 aromatic carbocycles. The lowest BCUT2D eigenvalue weighted by Gasteiger charge is -2.26. The first kappa shape index (κ1) is 16.0. The van der Waals surface area contributed by atoms with Gasteiger partial charge in [-0.2, -0.15) is 0 Å². The van der Waals surface area contributed by atoms with Crippen molar-refractivity contribution in [2.24, 2.45) is 0 Å². The summed E-state index contributed by atoms with van der Waals surface area (Å²) in [7, 11) is -3.25. The van der Waals surface area contributed by atoms with Gasteiger partial charge in [0.1, 0.15) is 0 Å². The first-order valence-corrected chi connectivity index (χ1v) is 8.33. The first-order valence-electron chi connectivity index (χ1n) is 6.43. The lowest BCUT2D eigenvalue weighted by molar-refractivity contribution is 0.584. The molecule has 19 heavy (non-hydrogen) atoms. The van der Waals surface area contributed by atoms with Crippen LogP contribution in [-0.2, 0) is 15.3 Å². The maximum atomic E-state index is 12.0. The average molecular weight is 283 g/mol. The third kappa shape index (κ3) is 4.53. The molecule has 0 heterocycles. The quantitative estimate of drug-likeness (QED) is 0.902. The van der Waals surface area contributed by atoms with Crippen LogP contribution in [0.25, 0.3) is 0 Å². The first-order chi connectivity index (χ1) is 8.31. The van der Waals surface area contributed by atoms with Gasteiger partial charge in [-0.3, -0.25) is 0 Å². The monoisotopic (exact) mass is 283 g/mol. The molecule has 0 saturated heterocycles. The van der Waals surface area contributed by atoms with E-state index in [-0.39, 0.29) is 11.0 Å². The number of benzene rings is 1. The predicted octanol–water partition coefficient (Wildman–Crippen LogP) is 3.60. The second-order valence-electron chi connectivity index (χ2n) is 7.11. The lowest BCUT2D eigenvalue weighted by Crippen LogP contribution is -2.27. The maximum absolute atomic E-state index is 12.0. The van der Waals surface area contributed by atoms with Gasteiger partial charge in [-0.15, -0.1) is 0 Å². The van der Waals surface area contributed by atoms with Gasteiger partial charge in [-0.1, -0.05) is 26.8 Å². The summed E-state index contributed by atoms with van der Waals surface area (Å²) in [5, 5.41) is 3.26. The van der Waals surface area contributed by atoms with Crippen molar-refractivity contribution in [3.05, 3.63) is 23.8 Å². The summed E-state index contributed by atoms with van der Waals surface area (Å²) in [5.41, 5.74) is 1.44. The zero-order valence-corrected chi connectivity index (χ0v) is 13.8. The highest BCUT2D eigenvalue weighted by molar-refractivity contribution is 7.90. The van der Waals surface area contributed by atoms with Crippen LogP contribution in [0.1, 0.15) is 47.1 Å². The fourth-order valence-corrected chi connectivity index (χ4v) is 2.66. The minimum atomic E-state index is -3.25. The van der Waals surface area contributed by atoms with Crippen molar-refractivity contribution < 1.29 is 8.42 Å². The van der Waals surface area contributed by atoms with Gasteiger partial charge in [0, 0.05) is 11.8 Å². The van der Waals surface area contributed by atoms with Crippen molar-refractivity contribution in [2.75, 3.05) is 11.6 Å². The normalized spacial score (nSPS) is 13.4. The minimum absolute atomic E-state index is 0.0697. The molecule has 0 aliphatic rings. The highest BCUT2D eigenvalue weighted by Crippen LogP contribution is 2.30. The van der Waals surface area contributed by atoms with Crippen LogP contribution in [0.15, 0.2) is 23.1 Å². The molecule has 1 N–H and O–H groups in total. The highest BCUT2D eigenvalue weighted by atomic mass is 32.2. The molecule has 0 atom stereocenters. The van der Waals surface area contributed by atoms with E-state index in [0.29, 0.717) is 10.6 Å². The zero-order valence-electron chi connectivity index (χ0n) is 13.0. The number of hydrogen-bond acceptors (Lipinski definition) is 3. The van der Waals surface area contributed by atoms with E-state index in [1.54, 1.807) is 6.07 Å². The van der Waals surface area contributed by atoms with E-state index >= 15 is 0 Å². The number of rotatable bonds is 2. The smallest absolute Gasteiger partial charge is 0.177 e. The molecule has 3 nitrogen and oxygen atoms in total. The molecule has 0 saturated carbocycles. The van der Waals surface area contributed by atoms with Crippen LogP contribution in [0.4, 0.5) is 5.69 Å². The van der Waals surface area contributed by atoms with Gasteiger partial charge in [-0.25, -0.2) is 8.42 Å². The lowest BCUT2D eigenvalue weighted by atomic mass is 9.87. The summed E-state index contributed by atoms with van der Waals surface area (Å²) >= 11 is 0. The molecule has 4 heteroatoms. The maximum Gasteiger partial charge on any atom is 0.177 e. The minimum Gasteiger partial charge on any atom is -0.379 e. The molecule has 0 aliphatic carbocycles. The van der Waals surface area contributed by atoms with Crippen LogP contribution in [0, 0.1) is 0 Å². The Labute approximate surface area is 117 Å². The van der Waals surface area contributed by atoms with Gasteiger partial charge < -0.3 is 5.32 Å². The van der Waals surface area contributed by atoms with Crippen LogP contribution in [0.3, 0.4) is 0 Å². The summed E-state index contributed by atoms with van der Waals surface area (Å²) in [4.78, 5) is 0.370. The van der Waals surface area contributed by atoms with Crippen molar-refractivity contribution in [3.8, 4) is 0 Å². The molecule has 0 unspecified atom stereocenters. The Morgan fingerprint density at radius 3 is 1.89 bits per heavy atom. The molecular formula is C15H25NO2S. The Hall–Kier alpha value is -1.03. The fourth-order valence-electron chi connectivity index (χ4n) is 1.80. The topological polar surface area (TPSA) is 46.2 Å². The van der Waals surface area contributed by atoms with Crippen molar-refractivity contribution in [1.82, 2.24) is 0 Å². The van der Waals surface area contributed by atoms with Crippen molar-refractivity contribution in [2.45, 2.75) is 57.4 Å². The summed E-state index contributed by atoms with van der Waals surface area (Å²) in [6.07, 6.45) is 1.25. The SMILES string of the molecule is CC(C)(C)Nc1ccc(C(C)(C)C)cc1S(C)(=O)=O. The van der Waals surface area contributed by atoms with Crippen LogP contribution < -0.4 is 5.32 Å². The van der Waals surface area contributed by atoms with E-state index in [1.807, 2.05) is 32.9 Å². The Balaban J connectivity index is 3.43. The van der Waals surface area contributed by atoms with Gasteiger partial charge >= 0.3 is 0 Å². The zero-order chi connectivity index (χ0) is 15.1. The molecule has 0 aromatic heterocycles. The van der Waals surface area contributed by atoms with Gasteiger partial charge in [0.25, 0.3) is 0 Å². The molecule has 0 fully saturated rings. The average Bonchev–Trinajstić information content (AvgIpc) is 2.11. The number of nitrogens with one attached hydrogen (secondary N) is 1. The van der Waals surface area contributed by atoms with Gasteiger partial charge in [0.15, 0.2) is 9.84 Å². The van der Waals surface area contributed by atoms with Gasteiger partial charge in [0.2, 0.25) is 0 Å². The summed E-state index contributed by atoms with van der Waals surface area (Å²) in [6.45, 7) is 12.3. The van der Waals surface area contributed by atoms with Crippen molar-refractivity contribution >= 4 is 15.5 Å². The number of anilines is 1. The Morgan fingerprint density at radius 2 is 1.53 bits per heavy atom. The summed E-state index contributed by atoms with van der Waals surface area (Å²) < 4.78 is 24.0. The fraction of sp³-hybridized carbons (Fsp3) is 0.600. The molecular weight excluding hydrogens is 258 g/mol. The Kier molecular flexibility index (Phi) is 4.06. The highest BCUT2D eigenvalue weighted by Gasteiger charge is 2.21. The standard InChI is InChI=1S/C15H25NO2S/c1-14(2,3)11-8-9-12(16-15(4,5)6)13(10-11)19(7,17)18/h8-10,16H,1-7H3. The Bertz CT molecular complexity index is 561. The predicted molar refractivity (Wildman–Crippen MR) is 81.6 cm³/mol. The van der Waals surface area contributed by atoms with E-state index < -0.39 is 9.84 Å². The second-order valence-corrected chi connectivity index (χ2v) is 9.09. The number of sulfone groups is 1. The van der Waals surface area contributed by atoms with E-state index in [4.69, 9.17) is 0 Å². The largest absolute Gasteiger partial charge is 0.379 e. The van der Waals surface area contributed by atoms with E-state index in [1.165, 1.54) is 6.26 Å². The summed E-state index contributed by atoms with van der Waals surface area (Å²) in [5.74, 6) is 0. The van der Waals surface area contributed by atoms with Crippen LogP contribution >= 0.6 is 0 Å². The third-order valence-corrected chi connectivity index (χ3v) is 3.89. The number of hydrogen-bond donors (Lipinski definition) is 1. The van der Waals surface area contributed by atoms with Crippen LogP contribution in [-0.4, -0.2) is 20.2 Å². The molecule has 0 aliphatic heterocycles. The summed E-state index contributed by atoms with van der Waals surface area (Å²) in [6, 6.07) is 5.63. The van der Waals surface area contributed by atoms with Crippen molar-refractivity contribution in [3.63, 3.8) is 0 Å². The van der Waals surface area contributed by atoms with Crippen LogP contribution in [0.2, 0.25) is 0 Å².